The quantitative estimate of drug-likeness (QED) is 0.0572. The molecular weight excluding hydrogens is 714 g/mol. The lowest BCUT2D eigenvalue weighted by Crippen LogP contribution is -2.33. The number of nitrogen functional groups attached to an aromatic ring is 2. The maximum absolute atomic E-state index is 12.4. The van der Waals surface area contributed by atoms with Crippen LogP contribution in [0.4, 0.5) is 11.9 Å². The molecule has 0 radical (unpaired) electrons. The average Bonchev–Trinajstić information content (AvgIpc) is 3.53. The second-order valence-corrected chi connectivity index (χ2v) is 13.5. The zero-order valence-electron chi connectivity index (χ0n) is 23.1. The van der Waals surface area contributed by atoms with Crippen LogP contribution in [0.25, 0.3) is 27.2 Å². The van der Waals surface area contributed by atoms with Crippen molar-refractivity contribution < 1.29 is 52.3 Å². The number of aliphatic hydroxyl groups is 3. The summed E-state index contributed by atoms with van der Waals surface area (Å²) in [5, 5.41) is 31.3. The number of phosphoric acid groups is 2. The fourth-order valence-electron chi connectivity index (χ4n) is 4.15. The highest BCUT2D eigenvalue weighted by molar-refractivity contribution is 7.93. The number of thiol groups is 2. The predicted octanol–water partition coefficient (Wildman–Crippen LogP) is -2.23. The third kappa shape index (κ3) is 7.57. The number of hydrogen-bond acceptors (Lipinski definition) is 20. The van der Waals surface area contributed by atoms with Gasteiger partial charge in [-0.15, -0.1) is 25.3 Å². The van der Waals surface area contributed by atoms with Gasteiger partial charge in [0.25, 0.3) is 11.1 Å². The molecule has 27 heteroatoms. The van der Waals surface area contributed by atoms with Crippen LogP contribution >= 0.6 is 40.9 Å². The normalized spacial score (nSPS) is 23.8. The Balaban J connectivity index is 1.19. The Morgan fingerprint density at radius 1 is 1.00 bits per heavy atom. The van der Waals surface area contributed by atoms with Crippen molar-refractivity contribution in [3.8, 4) is 0 Å². The molecular formula is C20H24N10O13P2S2. The first-order valence-electron chi connectivity index (χ1n) is 12.7. The lowest BCUT2D eigenvalue weighted by molar-refractivity contribution is -0.0504. The standard InChI is InChI=1S/C20H24N10O13P2S2/c21-19-26-14-8(16(34)28-19)25-5(1-23-14)12(46)13(47)6(31)2-40-44(36,37)43-45(38,39)41-3-7-10(32)11(33)18(42-7)30-4-24-9-15(30)27-20(22)29-17(9)35/h1,4,6-7,10-11,18,31-33,46-47H,2-3H2,(H,36,37)(H,38,39)(H3,22,27,29,35)(H3,21,23,26,28,34)/b13-12-. The van der Waals surface area contributed by atoms with Crippen LogP contribution in [0.15, 0.2) is 27.0 Å². The van der Waals surface area contributed by atoms with E-state index in [1.165, 1.54) is 0 Å². The fraction of sp³-hybridized carbons (Fsp3) is 0.350. The van der Waals surface area contributed by atoms with Gasteiger partial charge in [0.15, 0.2) is 28.6 Å². The van der Waals surface area contributed by atoms with Crippen molar-refractivity contribution in [2.24, 2.45) is 0 Å². The van der Waals surface area contributed by atoms with Crippen molar-refractivity contribution >= 4 is 80.0 Å². The van der Waals surface area contributed by atoms with Crippen molar-refractivity contribution in [2.45, 2.75) is 30.6 Å². The Labute approximate surface area is 270 Å². The van der Waals surface area contributed by atoms with Crippen LogP contribution in [0, 0.1) is 0 Å². The molecule has 0 saturated carbocycles. The van der Waals surface area contributed by atoms with Crippen LogP contribution in [0.2, 0.25) is 0 Å². The monoisotopic (exact) mass is 738 g/mol. The Morgan fingerprint density at radius 3 is 2.34 bits per heavy atom. The summed E-state index contributed by atoms with van der Waals surface area (Å²) in [7, 11) is -10.8. The van der Waals surface area contributed by atoms with Crippen molar-refractivity contribution in [3.63, 3.8) is 0 Å². The van der Waals surface area contributed by atoms with Gasteiger partial charge in [-0.3, -0.25) is 33.2 Å². The summed E-state index contributed by atoms with van der Waals surface area (Å²) in [6.07, 6.45) is -5.91. The van der Waals surface area contributed by atoms with E-state index >= 15 is 0 Å². The molecule has 7 atom stereocenters. The van der Waals surface area contributed by atoms with Crippen LogP contribution in [0.5, 0.6) is 0 Å². The van der Waals surface area contributed by atoms with E-state index in [9.17, 15) is 43.8 Å². The van der Waals surface area contributed by atoms with Crippen molar-refractivity contribution in [1.29, 1.82) is 0 Å². The summed E-state index contributed by atoms with van der Waals surface area (Å²) in [6, 6.07) is 0. The molecule has 0 aromatic carbocycles. The van der Waals surface area contributed by atoms with Gasteiger partial charge in [-0.25, -0.2) is 24.1 Å². The number of anilines is 2. The minimum Gasteiger partial charge on any atom is -0.387 e. The zero-order valence-corrected chi connectivity index (χ0v) is 26.7. The number of hydrogen-bond donors (Lipinski definition) is 11. The molecule has 4 aromatic heterocycles. The minimum absolute atomic E-state index is 0.0578. The van der Waals surface area contributed by atoms with E-state index in [1.807, 2.05) is 0 Å². The first kappa shape index (κ1) is 35.0. The molecule has 1 aliphatic heterocycles. The summed E-state index contributed by atoms with van der Waals surface area (Å²) in [5.74, 6) is -0.463. The molecule has 254 valence electrons. The number of nitrogens with two attached hydrogens (primary N) is 2. The smallest absolute Gasteiger partial charge is 0.387 e. The van der Waals surface area contributed by atoms with Crippen molar-refractivity contribution in [3.05, 3.63) is 43.8 Å². The number of rotatable bonds is 11. The molecule has 47 heavy (non-hydrogen) atoms. The molecule has 1 fully saturated rings. The average molecular weight is 739 g/mol. The van der Waals surface area contributed by atoms with Crippen LogP contribution in [-0.2, 0) is 27.2 Å². The number of nitrogens with one attached hydrogen (secondary N) is 2. The lowest BCUT2D eigenvalue weighted by atomic mass is 10.1. The Morgan fingerprint density at radius 2 is 1.64 bits per heavy atom. The number of imidazole rings is 1. The van der Waals surface area contributed by atoms with E-state index in [2.05, 4.69) is 73.5 Å². The maximum Gasteiger partial charge on any atom is 0.481 e. The molecule has 0 bridgehead atoms. The van der Waals surface area contributed by atoms with Gasteiger partial charge in [0.1, 0.15) is 24.4 Å². The second kappa shape index (κ2) is 13.3. The first-order chi connectivity index (χ1) is 22.0. The number of aromatic amines is 2. The van der Waals surface area contributed by atoms with E-state index in [1.54, 1.807) is 0 Å². The maximum atomic E-state index is 12.4. The van der Waals surface area contributed by atoms with E-state index in [4.69, 9.17) is 16.2 Å². The number of aromatic nitrogens is 8. The fourth-order valence-corrected chi connectivity index (χ4v) is 6.68. The second-order valence-electron chi connectivity index (χ2n) is 9.56. The summed E-state index contributed by atoms with van der Waals surface area (Å²) >= 11 is 8.28. The third-order valence-electron chi connectivity index (χ3n) is 6.30. The van der Waals surface area contributed by atoms with Gasteiger partial charge in [-0.05, 0) is 0 Å². The summed E-state index contributed by atoms with van der Waals surface area (Å²) in [5.41, 5.74) is 9.01. The highest BCUT2D eigenvalue weighted by Gasteiger charge is 2.46. The van der Waals surface area contributed by atoms with Gasteiger partial charge in [0, 0.05) is 9.81 Å². The van der Waals surface area contributed by atoms with Gasteiger partial charge in [-0.2, -0.15) is 14.3 Å². The number of ether oxygens (including phenoxy) is 1. The Hall–Kier alpha value is -3.29. The number of fused-ring (bicyclic) bond motifs is 2. The first-order valence-corrected chi connectivity index (χ1v) is 16.6. The highest BCUT2D eigenvalue weighted by Crippen LogP contribution is 2.60. The van der Waals surface area contributed by atoms with Crippen molar-refractivity contribution in [2.75, 3.05) is 24.7 Å². The van der Waals surface area contributed by atoms with Crippen LogP contribution in [0.1, 0.15) is 11.9 Å². The molecule has 5 rings (SSSR count). The predicted molar refractivity (Wildman–Crippen MR) is 164 cm³/mol. The van der Waals surface area contributed by atoms with E-state index < -0.39 is 70.6 Å². The zero-order chi connectivity index (χ0) is 34.4. The van der Waals surface area contributed by atoms with E-state index in [-0.39, 0.29) is 49.7 Å². The van der Waals surface area contributed by atoms with Gasteiger partial charge in [-0.1, -0.05) is 0 Å². The van der Waals surface area contributed by atoms with Gasteiger partial charge >= 0.3 is 15.6 Å². The SMILES string of the molecule is Nc1nc2ncc(/C(S)=C(/S)C(O)COP(=O)(O)OP(=O)(O)OCC3OC(n4cnc5c(=O)[nH]c(N)nc54)C(O)C3O)nc2c(=O)[nH]1. The molecule has 23 nitrogen and oxygen atoms in total. The molecule has 1 saturated heterocycles. The van der Waals surface area contributed by atoms with Crippen LogP contribution in [-0.4, -0.2) is 102 Å². The summed E-state index contributed by atoms with van der Waals surface area (Å²) in [4.78, 5) is 67.8. The van der Waals surface area contributed by atoms with Gasteiger partial charge in [0.2, 0.25) is 11.9 Å². The topological polar surface area (TPSA) is 359 Å². The molecule has 0 amide bonds. The van der Waals surface area contributed by atoms with E-state index in [0.717, 1.165) is 17.1 Å². The molecule has 4 aromatic rings. The number of nitrogens with zero attached hydrogens (tertiary/aromatic N) is 6. The highest BCUT2D eigenvalue weighted by atomic mass is 32.1. The van der Waals surface area contributed by atoms with E-state index in [0.29, 0.717) is 0 Å². The molecule has 0 aliphatic carbocycles. The third-order valence-corrected chi connectivity index (χ3v) is 10.1. The summed E-state index contributed by atoms with van der Waals surface area (Å²) < 4.78 is 44.9. The van der Waals surface area contributed by atoms with Gasteiger partial charge < -0.3 is 41.3 Å². The molecule has 5 heterocycles. The molecule has 0 spiro atoms. The van der Waals surface area contributed by atoms with Crippen molar-refractivity contribution in [1.82, 2.24) is 39.5 Å². The molecule has 11 N–H and O–H groups in total. The minimum atomic E-state index is -5.42. The number of aliphatic hydroxyl groups excluding tert-OH is 3. The van der Waals surface area contributed by atoms with Crippen LogP contribution in [0.3, 0.4) is 0 Å². The Kier molecular flexibility index (Phi) is 9.92. The van der Waals surface area contributed by atoms with Gasteiger partial charge in [0.05, 0.1) is 31.4 Å². The lowest BCUT2D eigenvalue weighted by Gasteiger charge is -2.20. The summed E-state index contributed by atoms with van der Waals surface area (Å²) in [6.45, 7) is -1.99. The Bertz CT molecular complexity index is 2090. The van der Waals surface area contributed by atoms with Crippen LogP contribution < -0.4 is 22.6 Å². The number of H-pyrrole nitrogens is 2. The largest absolute Gasteiger partial charge is 0.481 e. The molecule has 1 aliphatic rings. The number of phosphoric ester groups is 2. The molecule has 7 unspecified atom stereocenters.